The summed E-state index contributed by atoms with van der Waals surface area (Å²) in [5.41, 5.74) is 0.337. The van der Waals surface area contributed by atoms with E-state index in [0.29, 0.717) is 13.7 Å². The van der Waals surface area contributed by atoms with Crippen molar-refractivity contribution in [3.8, 4) is 0 Å². The van der Waals surface area contributed by atoms with Crippen LogP contribution in [0.4, 0.5) is 4.32 Å². The van der Waals surface area contributed by atoms with Crippen molar-refractivity contribution < 1.29 is 8.73 Å². The molecule has 66 valence electrons. The summed E-state index contributed by atoms with van der Waals surface area (Å²) in [7, 11) is 0.500. The van der Waals surface area contributed by atoms with Crippen molar-refractivity contribution in [3.05, 3.63) is 46.8 Å². The third kappa shape index (κ3) is 2.18. The number of fused-ring (bicyclic) bond motifs is 1. The summed E-state index contributed by atoms with van der Waals surface area (Å²) in [6, 6.07) is 10.6. The van der Waals surface area contributed by atoms with Gasteiger partial charge >= 0.3 is 13.7 Å². The number of benzene rings is 1. The van der Waals surface area contributed by atoms with Crippen LogP contribution in [0.1, 0.15) is 0 Å². The molecule has 0 saturated heterocycles. The standard InChI is InChI=1S/C9H6O2.BFH2/c10-9-6-5-7-3-1-2-4-8(7)11-9;1-2/h1-6H;1H2. The Morgan fingerprint density at radius 3 is 2.54 bits per heavy atom. The molecule has 2 rings (SSSR count). The highest BCUT2D eigenvalue weighted by atomic mass is 19.1. The zero-order valence-corrected chi connectivity index (χ0v) is 7.16. The van der Waals surface area contributed by atoms with E-state index >= 15 is 0 Å². The fourth-order valence-corrected chi connectivity index (χ4v) is 1.01. The van der Waals surface area contributed by atoms with Crippen LogP contribution >= 0.6 is 0 Å². The van der Waals surface area contributed by atoms with E-state index in [4.69, 9.17) is 4.42 Å². The molecule has 0 aliphatic heterocycles. The Balaban J connectivity index is 0.000000396. The van der Waals surface area contributed by atoms with E-state index < -0.39 is 0 Å². The summed E-state index contributed by atoms with van der Waals surface area (Å²) in [5, 5.41) is 0.951. The van der Waals surface area contributed by atoms with Gasteiger partial charge in [0.05, 0.1) is 0 Å². The topological polar surface area (TPSA) is 30.2 Å². The summed E-state index contributed by atoms with van der Waals surface area (Å²) in [6.07, 6.45) is 0. The molecule has 0 unspecified atom stereocenters. The second-order valence-corrected chi connectivity index (χ2v) is 2.29. The van der Waals surface area contributed by atoms with Crippen LogP contribution in [0.3, 0.4) is 0 Å². The van der Waals surface area contributed by atoms with Gasteiger partial charge in [0.15, 0.2) is 0 Å². The quantitative estimate of drug-likeness (QED) is 0.449. The lowest BCUT2D eigenvalue weighted by molar-refractivity contribution is 0.561. The Labute approximate surface area is 75.5 Å². The predicted octanol–water partition coefficient (Wildman–Crippen LogP) is 1.30. The first-order valence-corrected chi connectivity index (χ1v) is 3.73. The van der Waals surface area contributed by atoms with E-state index in [0.717, 1.165) is 5.39 Å². The van der Waals surface area contributed by atoms with Gasteiger partial charge in [-0.1, -0.05) is 18.2 Å². The Morgan fingerprint density at radius 1 is 1.08 bits per heavy atom. The molecule has 1 aromatic heterocycles. The van der Waals surface area contributed by atoms with Crippen molar-refractivity contribution in [2.24, 2.45) is 0 Å². The van der Waals surface area contributed by atoms with E-state index in [1.54, 1.807) is 12.1 Å². The van der Waals surface area contributed by atoms with Gasteiger partial charge in [-0.25, -0.2) is 4.79 Å². The maximum atomic E-state index is 10.7. The number of para-hydroxylation sites is 1. The van der Waals surface area contributed by atoms with E-state index in [2.05, 4.69) is 0 Å². The maximum Gasteiger partial charge on any atom is 0.336 e. The smallest absolute Gasteiger partial charge is 0.336 e. The lowest BCUT2D eigenvalue weighted by atomic mass is 10.2. The highest BCUT2D eigenvalue weighted by Gasteiger charge is 1.92. The highest BCUT2D eigenvalue weighted by Crippen LogP contribution is 2.08. The first-order valence-electron chi connectivity index (χ1n) is 3.73. The van der Waals surface area contributed by atoms with Gasteiger partial charge in [-0.05, 0) is 12.1 Å². The molecule has 0 radical (unpaired) electrons. The molecule has 0 saturated carbocycles. The second-order valence-electron chi connectivity index (χ2n) is 2.29. The van der Waals surface area contributed by atoms with Crippen molar-refractivity contribution in [2.75, 3.05) is 0 Å². The molecule has 13 heavy (non-hydrogen) atoms. The van der Waals surface area contributed by atoms with Crippen molar-refractivity contribution >= 4 is 19.1 Å². The molecule has 0 spiro atoms. The van der Waals surface area contributed by atoms with Gasteiger partial charge in [-0.3, -0.25) is 0 Å². The molecule has 0 N–H and O–H groups in total. The van der Waals surface area contributed by atoms with Gasteiger partial charge in [0.2, 0.25) is 0 Å². The van der Waals surface area contributed by atoms with E-state index in [-0.39, 0.29) is 5.63 Å². The minimum absolute atomic E-state index is 0.302. The molecule has 2 aromatic rings. The van der Waals surface area contributed by atoms with Crippen molar-refractivity contribution in [2.45, 2.75) is 0 Å². The van der Waals surface area contributed by atoms with Crippen molar-refractivity contribution in [3.63, 3.8) is 0 Å². The Morgan fingerprint density at radius 2 is 1.77 bits per heavy atom. The molecule has 2 nitrogen and oxygen atoms in total. The average molecular weight is 178 g/mol. The van der Waals surface area contributed by atoms with Crippen LogP contribution in [0, 0.1) is 0 Å². The van der Waals surface area contributed by atoms with Gasteiger partial charge in [0, 0.05) is 11.5 Å². The second kappa shape index (κ2) is 4.45. The Bertz CT molecular complexity index is 439. The van der Waals surface area contributed by atoms with Gasteiger partial charge < -0.3 is 8.73 Å². The van der Waals surface area contributed by atoms with E-state index in [9.17, 15) is 9.11 Å². The van der Waals surface area contributed by atoms with Crippen molar-refractivity contribution in [1.29, 1.82) is 0 Å². The molecular weight excluding hydrogens is 170 g/mol. The molecule has 1 aromatic carbocycles. The molecule has 1 heterocycles. The monoisotopic (exact) mass is 178 g/mol. The molecule has 4 heteroatoms. The lowest BCUT2D eigenvalue weighted by Crippen LogP contribution is -1.93. The molecule has 0 amide bonds. The SMILES string of the molecule is BF.O=c1ccc2ccccc2o1. The summed E-state index contributed by atoms with van der Waals surface area (Å²) >= 11 is 0. The first kappa shape index (κ1) is 9.51. The van der Waals surface area contributed by atoms with Crippen LogP contribution in [0.2, 0.25) is 0 Å². The van der Waals surface area contributed by atoms with Crippen LogP contribution in [-0.2, 0) is 0 Å². The van der Waals surface area contributed by atoms with Gasteiger partial charge in [-0.15, -0.1) is 0 Å². The van der Waals surface area contributed by atoms with Crippen LogP contribution in [-0.4, -0.2) is 8.12 Å². The van der Waals surface area contributed by atoms with Crippen LogP contribution < -0.4 is 5.63 Å². The third-order valence-electron chi connectivity index (χ3n) is 1.53. The molecule has 0 aliphatic carbocycles. The molecule has 0 fully saturated rings. The van der Waals surface area contributed by atoms with Crippen LogP contribution in [0.5, 0.6) is 0 Å². The Kier molecular flexibility index (Phi) is 3.26. The van der Waals surface area contributed by atoms with Crippen LogP contribution in [0.15, 0.2) is 45.6 Å². The van der Waals surface area contributed by atoms with Gasteiger partial charge in [0.1, 0.15) is 5.58 Å². The minimum Gasteiger partial charge on any atom is -0.423 e. The zero-order valence-electron chi connectivity index (χ0n) is 7.16. The number of hydrogen-bond donors (Lipinski definition) is 0. The van der Waals surface area contributed by atoms with E-state index in [1.165, 1.54) is 6.07 Å². The minimum atomic E-state index is -0.302. The Hall–Kier alpha value is -1.58. The zero-order chi connectivity index (χ0) is 9.68. The van der Waals surface area contributed by atoms with E-state index in [1.807, 2.05) is 18.2 Å². The summed E-state index contributed by atoms with van der Waals surface area (Å²) < 4.78 is 14.4. The molecule has 0 aliphatic rings. The molecule has 0 atom stereocenters. The molecular formula is C9H8BFO2. The maximum absolute atomic E-state index is 10.7. The van der Waals surface area contributed by atoms with Gasteiger partial charge in [0.25, 0.3) is 0 Å². The predicted molar refractivity (Wildman–Crippen MR) is 52.1 cm³/mol. The first-order chi connectivity index (χ1) is 6.36. The number of halogens is 1. The third-order valence-corrected chi connectivity index (χ3v) is 1.53. The van der Waals surface area contributed by atoms with Crippen molar-refractivity contribution in [1.82, 2.24) is 0 Å². The highest BCUT2D eigenvalue weighted by molar-refractivity contribution is 5.96. The van der Waals surface area contributed by atoms with Crippen LogP contribution in [0.25, 0.3) is 11.0 Å². The van der Waals surface area contributed by atoms with Gasteiger partial charge in [-0.2, -0.15) is 0 Å². The number of hydrogen-bond acceptors (Lipinski definition) is 2. The lowest BCUT2D eigenvalue weighted by Gasteiger charge is -1.91. The largest absolute Gasteiger partial charge is 0.423 e. The number of rotatable bonds is 0. The summed E-state index contributed by atoms with van der Waals surface area (Å²) in [5.74, 6) is 0. The summed E-state index contributed by atoms with van der Waals surface area (Å²) in [6.45, 7) is 0. The fraction of sp³-hybridized carbons (Fsp3) is 0. The fourth-order valence-electron chi connectivity index (χ4n) is 1.01. The summed E-state index contributed by atoms with van der Waals surface area (Å²) in [4.78, 5) is 10.7. The average Bonchev–Trinajstić information content (AvgIpc) is 2.21. The molecule has 0 bridgehead atoms. The normalized spacial score (nSPS) is 9.00.